The molecule has 1 aromatic heterocycles. The highest BCUT2D eigenvalue weighted by atomic mass is 35.5. The molecule has 0 atom stereocenters. The maximum Gasteiger partial charge on any atom is 0.221 e. The smallest absolute Gasteiger partial charge is 0.221 e. The van der Waals surface area contributed by atoms with Crippen molar-refractivity contribution in [3.8, 4) is 0 Å². The fourth-order valence-corrected chi connectivity index (χ4v) is 2.49. The van der Waals surface area contributed by atoms with Crippen LogP contribution in [0, 0.1) is 6.92 Å². The number of aromatic nitrogens is 2. The number of halogens is 1. The van der Waals surface area contributed by atoms with Crippen LogP contribution in [0.4, 0.5) is 28.7 Å². The Labute approximate surface area is 156 Å². The van der Waals surface area contributed by atoms with E-state index in [0.29, 0.717) is 22.5 Å². The molecular weight excluding hydrogens is 350 g/mol. The van der Waals surface area contributed by atoms with Crippen LogP contribution < -0.4 is 16.0 Å². The van der Waals surface area contributed by atoms with E-state index in [0.717, 1.165) is 17.1 Å². The Morgan fingerprint density at radius 3 is 1.81 bits per heavy atom. The van der Waals surface area contributed by atoms with Crippen LogP contribution in [0.25, 0.3) is 0 Å². The molecule has 0 radical (unpaired) electrons. The Morgan fingerprint density at radius 2 is 1.31 bits per heavy atom. The number of nitrogens with one attached hydrogen (secondary N) is 3. The van der Waals surface area contributed by atoms with Gasteiger partial charge >= 0.3 is 0 Å². The normalized spacial score (nSPS) is 10.3. The van der Waals surface area contributed by atoms with Gasteiger partial charge in [-0.05, 0) is 55.5 Å². The molecular formula is C19H18ClN5O. The zero-order valence-corrected chi connectivity index (χ0v) is 15.1. The number of hydrogen-bond acceptors (Lipinski definition) is 5. The van der Waals surface area contributed by atoms with Crippen LogP contribution in [0.3, 0.4) is 0 Å². The van der Waals surface area contributed by atoms with Crippen LogP contribution in [-0.4, -0.2) is 15.9 Å². The van der Waals surface area contributed by atoms with Crippen molar-refractivity contribution in [2.45, 2.75) is 13.8 Å². The van der Waals surface area contributed by atoms with E-state index in [1.54, 1.807) is 0 Å². The summed E-state index contributed by atoms with van der Waals surface area (Å²) < 4.78 is 0. The van der Waals surface area contributed by atoms with E-state index in [1.807, 2.05) is 61.5 Å². The Bertz CT molecular complexity index is 910. The molecule has 0 fully saturated rings. The molecule has 0 saturated carbocycles. The third kappa shape index (κ3) is 4.94. The highest BCUT2D eigenvalue weighted by Crippen LogP contribution is 2.22. The number of benzene rings is 2. The van der Waals surface area contributed by atoms with Gasteiger partial charge in [0.1, 0.15) is 17.5 Å². The maximum absolute atomic E-state index is 11.1. The first-order valence-electron chi connectivity index (χ1n) is 8.01. The number of carbonyl (C=O) groups is 1. The number of aryl methyl sites for hydroxylation is 1. The molecule has 0 aliphatic rings. The second-order valence-electron chi connectivity index (χ2n) is 5.70. The lowest BCUT2D eigenvalue weighted by molar-refractivity contribution is -0.114. The Balaban J connectivity index is 1.74. The average Bonchev–Trinajstić information content (AvgIpc) is 2.58. The first-order valence-corrected chi connectivity index (χ1v) is 8.39. The van der Waals surface area contributed by atoms with Gasteiger partial charge in [-0.1, -0.05) is 11.6 Å². The fourth-order valence-electron chi connectivity index (χ4n) is 2.36. The van der Waals surface area contributed by atoms with E-state index in [-0.39, 0.29) is 5.91 Å². The summed E-state index contributed by atoms with van der Waals surface area (Å²) in [4.78, 5) is 19.9. The molecule has 0 spiro atoms. The van der Waals surface area contributed by atoms with Gasteiger partial charge in [-0.2, -0.15) is 0 Å². The largest absolute Gasteiger partial charge is 0.340 e. The average molecular weight is 368 g/mol. The molecule has 0 aliphatic carbocycles. The number of hydrogen-bond donors (Lipinski definition) is 3. The van der Waals surface area contributed by atoms with E-state index in [9.17, 15) is 4.79 Å². The third-order valence-corrected chi connectivity index (χ3v) is 3.68. The van der Waals surface area contributed by atoms with E-state index in [2.05, 4.69) is 25.9 Å². The van der Waals surface area contributed by atoms with Gasteiger partial charge in [-0.15, -0.1) is 0 Å². The minimum atomic E-state index is -0.102. The van der Waals surface area contributed by atoms with Crippen molar-refractivity contribution in [2.24, 2.45) is 0 Å². The zero-order chi connectivity index (χ0) is 18.5. The van der Waals surface area contributed by atoms with Crippen LogP contribution in [0.1, 0.15) is 12.7 Å². The van der Waals surface area contributed by atoms with Crippen molar-refractivity contribution in [1.82, 2.24) is 9.97 Å². The molecule has 0 bridgehead atoms. The highest BCUT2D eigenvalue weighted by Gasteiger charge is 2.04. The van der Waals surface area contributed by atoms with E-state index >= 15 is 0 Å². The predicted molar refractivity (Wildman–Crippen MR) is 106 cm³/mol. The standard InChI is InChI=1S/C19H18ClN5O/c1-12-21-18(24-16-5-3-14(20)4-6-16)11-19(22-12)25-17-9-7-15(8-10-17)23-13(2)26/h3-11H,1-2H3,(H,23,26)(H2,21,22,24,25). The second-order valence-corrected chi connectivity index (χ2v) is 6.14. The van der Waals surface area contributed by atoms with Crippen molar-refractivity contribution < 1.29 is 4.79 Å². The fraction of sp³-hybridized carbons (Fsp3) is 0.105. The summed E-state index contributed by atoms with van der Waals surface area (Å²) in [5, 5.41) is 9.88. The minimum Gasteiger partial charge on any atom is -0.340 e. The first-order chi connectivity index (χ1) is 12.5. The quantitative estimate of drug-likeness (QED) is 0.598. The summed E-state index contributed by atoms with van der Waals surface area (Å²) in [5.41, 5.74) is 2.49. The van der Waals surface area contributed by atoms with Crippen LogP contribution in [0.5, 0.6) is 0 Å². The Kier molecular flexibility index (Phi) is 5.34. The number of amides is 1. The predicted octanol–water partition coefficient (Wildman–Crippen LogP) is 4.88. The third-order valence-electron chi connectivity index (χ3n) is 3.43. The molecule has 3 rings (SSSR count). The van der Waals surface area contributed by atoms with Crippen molar-refractivity contribution in [1.29, 1.82) is 0 Å². The summed E-state index contributed by atoms with van der Waals surface area (Å²) >= 11 is 5.91. The SMILES string of the molecule is CC(=O)Nc1ccc(Nc2cc(Nc3ccc(Cl)cc3)nc(C)n2)cc1. The van der Waals surface area contributed by atoms with Gasteiger partial charge in [0.25, 0.3) is 0 Å². The van der Waals surface area contributed by atoms with Gasteiger partial charge in [0.15, 0.2) is 0 Å². The molecule has 26 heavy (non-hydrogen) atoms. The number of anilines is 5. The van der Waals surface area contributed by atoms with E-state index in [1.165, 1.54) is 6.92 Å². The lowest BCUT2D eigenvalue weighted by Gasteiger charge is -2.11. The van der Waals surface area contributed by atoms with Crippen molar-refractivity contribution in [2.75, 3.05) is 16.0 Å². The number of carbonyl (C=O) groups excluding carboxylic acids is 1. The minimum absolute atomic E-state index is 0.102. The molecule has 7 heteroatoms. The lowest BCUT2D eigenvalue weighted by Crippen LogP contribution is -2.05. The van der Waals surface area contributed by atoms with E-state index in [4.69, 9.17) is 11.6 Å². The van der Waals surface area contributed by atoms with Gasteiger partial charge in [-0.3, -0.25) is 4.79 Å². The summed E-state index contributed by atoms with van der Waals surface area (Å²) in [7, 11) is 0. The molecule has 3 aromatic rings. The van der Waals surface area contributed by atoms with Gasteiger partial charge in [0.05, 0.1) is 0 Å². The van der Waals surface area contributed by atoms with Crippen LogP contribution in [0.15, 0.2) is 54.6 Å². The molecule has 3 N–H and O–H groups in total. The molecule has 1 heterocycles. The monoisotopic (exact) mass is 367 g/mol. The molecule has 0 unspecified atom stereocenters. The van der Waals surface area contributed by atoms with Crippen LogP contribution in [-0.2, 0) is 4.79 Å². The van der Waals surface area contributed by atoms with Crippen LogP contribution in [0.2, 0.25) is 5.02 Å². The molecule has 0 aliphatic heterocycles. The number of rotatable bonds is 5. The topological polar surface area (TPSA) is 78.9 Å². The molecule has 0 saturated heterocycles. The second kappa shape index (κ2) is 7.84. The summed E-state index contributed by atoms with van der Waals surface area (Å²) in [6.45, 7) is 3.31. The van der Waals surface area contributed by atoms with E-state index < -0.39 is 0 Å². The summed E-state index contributed by atoms with van der Waals surface area (Å²) in [5.74, 6) is 1.88. The van der Waals surface area contributed by atoms with Gasteiger partial charge in [-0.25, -0.2) is 9.97 Å². The zero-order valence-electron chi connectivity index (χ0n) is 14.4. The van der Waals surface area contributed by atoms with Crippen LogP contribution >= 0.6 is 11.6 Å². The summed E-state index contributed by atoms with van der Waals surface area (Å²) in [6.07, 6.45) is 0. The lowest BCUT2D eigenvalue weighted by atomic mass is 10.2. The maximum atomic E-state index is 11.1. The first kappa shape index (κ1) is 17.7. The van der Waals surface area contributed by atoms with Gasteiger partial charge in [0.2, 0.25) is 5.91 Å². The molecule has 132 valence electrons. The summed E-state index contributed by atoms with van der Waals surface area (Å²) in [6, 6.07) is 16.6. The van der Waals surface area contributed by atoms with Gasteiger partial charge in [0, 0.05) is 35.1 Å². The van der Waals surface area contributed by atoms with Gasteiger partial charge < -0.3 is 16.0 Å². The van der Waals surface area contributed by atoms with Crippen molar-refractivity contribution in [3.05, 3.63) is 65.4 Å². The molecule has 1 amide bonds. The Hall–Kier alpha value is -3.12. The molecule has 6 nitrogen and oxygen atoms in total. The molecule has 2 aromatic carbocycles. The van der Waals surface area contributed by atoms with Crippen molar-refractivity contribution in [3.63, 3.8) is 0 Å². The number of nitrogens with zero attached hydrogens (tertiary/aromatic N) is 2. The Morgan fingerprint density at radius 1 is 0.846 bits per heavy atom. The highest BCUT2D eigenvalue weighted by molar-refractivity contribution is 6.30. The van der Waals surface area contributed by atoms with Crippen molar-refractivity contribution >= 4 is 46.2 Å².